The highest BCUT2D eigenvalue weighted by Crippen LogP contribution is 2.08. The van der Waals surface area contributed by atoms with Gasteiger partial charge in [0.05, 0.1) is 23.6 Å². The van der Waals surface area contributed by atoms with Crippen molar-refractivity contribution in [3.05, 3.63) is 22.4 Å². The molecular formula is C12H18N2O4S. The molecule has 0 radical (unpaired) electrons. The molecule has 1 heterocycles. The minimum absolute atomic E-state index is 0.327. The number of aliphatic hydroxyl groups excluding tert-OH is 2. The summed E-state index contributed by atoms with van der Waals surface area (Å²) in [7, 11) is 0. The number of nitrogens with one attached hydrogen (secondary N) is 2. The first kappa shape index (κ1) is 15.6. The molecule has 1 rings (SSSR count). The van der Waals surface area contributed by atoms with Crippen LogP contribution in [0.1, 0.15) is 23.5 Å². The van der Waals surface area contributed by atoms with Gasteiger partial charge in [-0.1, -0.05) is 6.07 Å². The Kier molecular flexibility index (Phi) is 5.46. The molecule has 106 valence electrons. The summed E-state index contributed by atoms with van der Waals surface area (Å²) in [6, 6.07) is 2.65. The number of aliphatic hydroxyl groups is 2. The fourth-order valence-electron chi connectivity index (χ4n) is 1.28. The lowest BCUT2D eigenvalue weighted by Crippen LogP contribution is -2.56. The zero-order valence-electron chi connectivity index (χ0n) is 10.8. The van der Waals surface area contributed by atoms with Gasteiger partial charge in [-0.25, -0.2) is 0 Å². The van der Waals surface area contributed by atoms with Gasteiger partial charge >= 0.3 is 0 Å². The summed E-state index contributed by atoms with van der Waals surface area (Å²) < 4.78 is 0. The molecule has 7 heteroatoms. The largest absolute Gasteiger partial charge is 0.394 e. The molecule has 0 saturated heterocycles. The summed E-state index contributed by atoms with van der Waals surface area (Å²) in [6.45, 7) is 2.27. The van der Waals surface area contributed by atoms with Crippen molar-refractivity contribution in [3.63, 3.8) is 0 Å². The Bertz CT molecular complexity index is 429. The van der Waals surface area contributed by atoms with Gasteiger partial charge in [-0.2, -0.15) is 0 Å². The van der Waals surface area contributed by atoms with Gasteiger partial charge in [-0.05, 0) is 25.3 Å². The van der Waals surface area contributed by atoms with Crippen LogP contribution in [0.5, 0.6) is 0 Å². The van der Waals surface area contributed by atoms with Crippen LogP contribution in [0.3, 0.4) is 0 Å². The Labute approximate surface area is 115 Å². The molecule has 0 saturated carbocycles. The van der Waals surface area contributed by atoms with Gasteiger partial charge in [-0.3, -0.25) is 9.59 Å². The first-order valence-electron chi connectivity index (χ1n) is 5.80. The van der Waals surface area contributed by atoms with Crippen LogP contribution >= 0.6 is 11.3 Å². The number of rotatable bonds is 6. The highest BCUT2D eigenvalue weighted by Gasteiger charge is 2.27. The van der Waals surface area contributed by atoms with Gasteiger partial charge in [0.25, 0.3) is 5.91 Å². The standard InChI is InChI=1S/C12H18N2O4S/c1-8(10(17)14-12(2,6-15)7-16)13-11(18)9-4-3-5-19-9/h3-5,8,15-16H,6-7H2,1-2H3,(H,13,18)(H,14,17). The molecule has 1 aromatic heterocycles. The summed E-state index contributed by atoms with van der Waals surface area (Å²) >= 11 is 1.28. The predicted molar refractivity (Wildman–Crippen MR) is 72.0 cm³/mol. The predicted octanol–water partition coefficient (Wildman–Crippen LogP) is -0.274. The van der Waals surface area contributed by atoms with E-state index in [2.05, 4.69) is 10.6 Å². The monoisotopic (exact) mass is 286 g/mol. The van der Waals surface area contributed by atoms with Gasteiger partial charge in [0, 0.05) is 0 Å². The third kappa shape index (κ3) is 4.30. The number of carbonyl (C=O) groups is 2. The van der Waals surface area contributed by atoms with Crippen molar-refractivity contribution in [2.24, 2.45) is 0 Å². The number of hydrogen-bond donors (Lipinski definition) is 4. The Balaban J connectivity index is 2.56. The summed E-state index contributed by atoms with van der Waals surface area (Å²) in [5.74, 6) is -0.789. The van der Waals surface area contributed by atoms with Crippen molar-refractivity contribution in [2.45, 2.75) is 25.4 Å². The molecule has 0 spiro atoms. The highest BCUT2D eigenvalue weighted by molar-refractivity contribution is 7.12. The van der Waals surface area contributed by atoms with Gasteiger partial charge in [-0.15, -0.1) is 11.3 Å². The topological polar surface area (TPSA) is 98.7 Å². The van der Waals surface area contributed by atoms with Gasteiger partial charge < -0.3 is 20.8 Å². The van der Waals surface area contributed by atoms with Crippen molar-refractivity contribution in [3.8, 4) is 0 Å². The fraction of sp³-hybridized carbons (Fsp3) is 0.500. The second-order valence-electron chi connectivity index (χ2n) is 4.54. The molecule has 1 aromatic rings. The molecule has 19 heavy (non-hydrogen) atoms. The smallest absolute Gasteiger partial charge is 0.261 e. The molecule has 4 N–H and O–H groups in total. The van der Waals surface area contributed by atoms with Crippen LogP contribution in [-0.2, 0) is 4.79 Å². The summed E-state index contributed by atoms with van der Waals surface area (Å²) in [5, 5.41) is 25.0. The lowest BCUT2D eigenvalue weighted by Gasteiger charge is -2.28. The zero-order chi connectivity index (χ0) is 14.5. The second-order valence-corrected chi connectivity index (χ2v) is 5.49. The molecule has 0 aromatic carbocycles. The van der Waals surface area contributed by atoms with Crippen molar-refractivity contribution >= 4 is 23.2 Å². The molecule has 6 nitrogen and oxygen atoms in total. The SMILES string of the molecule is CC(NC(=O)c1cccs1)C(=O)NC(C)(CO)CO. The number of hydrogen-bond acceptors (Lipinski definition) is 5. The average molecular weight is 286 g/mol. The van der Waals surface area contributed by atoms with E-state index in [1.807, 2.05) is 0 Å². The van der Waals surface area contributed by atoms with Crippen LogP contribution in [-0.4, -0.2) is 46.8 Å². The van der Waals surface area contributed by atoms with E-state index < -0.39 is 17.5 Å². The zero-order valence-corrected chi connectivity index (χ0v) is 11.7. The van der Waals surface area contributed by atoms with E-state index >= 15 is 0 Å². The van der Waals surface area contributed by atoms with E-state index in [0.717, 1.165) is 0 Å². The van der Waals surface area contributed by atoms with Gasteiger partial charge in [0.15, 0.2) is 0 Å². The Morgan fingerprint density at radius 2 is 2.05 bits per heavy atom. The lowest BCUT2D eigenvalue weighted by atomic mass is 10.0. The number of thiophene rings is 1. The molecule has 2 amide bonds. The summed E-state index contributed by atoms with van der Waals surface area (Å²) in [5.41, 5.74) is -1.10. The first-order valence-corrected chi connectivity index (χ1v) is 6.68. The molecule has 1 unspecified atom stereocenters. The van der Waals surface area contributed by atoms with E-state index in [0.29, 0.717) is 4.88 Å². The first-order chi connectivity index (χ1) is 8.91. The minimum Gasteiger partial charge on any atom is -0.394 e. The Morgan fingerprint density at radius 1 is 1.42 bits per heavy atom. The average Bonchev–Trinajstić information content (AvgIpc) is 2.92. The second kappa shape index (κ2) is 6.65. The Hall–Kier alpha value is -1.44. The Morgan fingerprint density at radius 3 is 2.53 bits per heavy atom. The van der Waals surface area contributed by atoms with Crippen molar-refractivity contribution in [1.29, 1.82) is 0 Å². The van der Waals surface area contributed by atoms with Crippen LogP contribution in [0.15, 0.2) is 17.5 Å². The van der Waals surface area contributed by atoms with Crippen LogP contribution < -0.4 is 10.6 Å². The maximum Gasteiger partial charge on any atom is 0.261 e. The number of amides is 2. The quantitative estimate of drug-likeness (QED) is 0.578. The third-order valence-electron chi connectivity index (χ3n) is 2.61. The van der Waals surface area contributed by atoms with E-state index in [4.69, 9.17) is 10.2 Å². The molecule has 1 atom stereocenters. The maximum atomic E-state index is 11.8. The van der Waals surface area contributed by atoms with E-state index in [1.54, 1.807) is 17.5 Å². The molecule has 0 aliphatic rings. The third-order valence-corrected chi connectivity index (χ3v) is 3.48. The molecule has 0 aliphatic heterocycles. The van der Waals surface area contributed by atoms with Gasteiger partial charge in [0.2, 0.25) is 5.91 Å². The molecule has 0 aliphatic carbocycles. The normalized spacial score (nSPS) is 12.8. The van der Waals surface area contributed by atoms with Gasteiger partial charge in [0.1, 0.15) is 6.04 Å². The van der Waals surface area contributed by atoms with Crippen molar-refractivity contribution in [1.82, 2.24) is 10.6 Å². The lowest BCUT2D eigenvalue weighted by molar-refractivity contribution is -0.125. The summed E-state index contributed by atoms with van der Waals surface area (Å²) in [6.07, 6.45) is 0. The molecule has 0 fully saturated rings. The minimum atomic E-state index is -1.10. The van der Waals surface area contributed by atoms with E-state index in [9.17, 15) is 9.59 Å². The van der Waals surface area contributed by atoms with Crippen LogP contribution in [0.25, 0.3) is 0 Å². The number of carbonyl (C=O) groups excluding carboxylic acids is 2. The molecule has 0 bridgehead atoms. The van der Waals surface area contributed by atoms with E-state index in [1.165, 1.54) is 25.2 Å². The van der Waals surface area contributed by atoms with Crippen LogP contribution in [0, 0.1) is 0 Å². The van der Waals surface area contributed by atoms with Crippen LogP contribution in [0.4, 0.5) is 0 Å². The maximum absolute atomic E-state index is 11.8. The fourth-order valence-corrected chi connectivity index (χ4v) is 1.90. The summed E-state index contributed by atoms with van der Waals surface area (Å²) in [4.78, 5) is 24.1. The van der Waals surface area contributed by atoms with Crippen LogP contribution in [0.2, 0.25) is 0 Å². The highest BCUT2D eigenvalue weighted by atomic mass is 32.1. The van der Waals surface area contributed by atoms with Crippen molar-refractivity contribution in [2.75, 3.05) is 13.2 Å². The van der Waals surface area contributed by atoms with E-state index in [-0.39, 0.29) is 19.1 Å². The molecular weight excluding hydrogens is 268 g/mol. The van der Waals surface area contributed by atoms with Crippen molar-refractivity contribution < 1.29 is 19.8 Å².